The van der Waals surface area contributed by atoms with Crippen molar-refractivity contribution >= 4 is 5.69 Å². The van der Waals surface area contributed by atoms with Gasteiger partial charge in [-0.3, -0.25) is 0 Å². The van der Waals surface area contributed by atoms with E-state index in [1.165, 1.54) is 6.07 Å². The Morgan fingerprint density at radius 3 is 2.36 bits per heavy atom. The molecule has 1 nitrogen and oxygen atoms in total. The maximum atomic E-state index is 13.0. The zero-order valence-electron chi connectivity index (χ0n) is 7.06. The summed E-state index contributed by atoms with van der Waals surface area (Å²) in [4.78, 5) is 1.77. The summed E-state index contributed by atoms with van der Waals surface area (Å²) < 4.78 is 13.0. The third-order valence-corrected chi connectivity index (χ3v) is 1.58. The molecule has 0 saturated heterocycles. The monoisotopic (exact) mass is 153 g/mol. The maximum Gasteiger partial charge on any atom is 0.146 e. The van der Waals surface area contributed by atoms with Gasteiger partial charge in [-0.1, -0.05) is 6.07 Å². The molecule has 1 rings (SSSR count). The van der Waals surface area contributed by atoms with E-state index in [9.17, 15) is 4.39 Å². The molecule has 0 aliphatic carbocycles. The van der Waals surface area contributed by atoms with Crippen LogP contribution in [0.15, 0.2) is 18.2 Å². The summed E-state index contributed by atoms with van der Waals surface area (Å²) in [6, 6.07) is 5.09. The van der Waals surface area contributed by atoms with Crippen molar-refractivity contribution in [2.45, 2.75) is 6.92 Å². The average molecular weight is 153 g/mol. The van der Waals surface area contributed by atoms with Crippen LogP contribution in [0.1, 0.15) is 5.56 Å². The molecule has 2 heteroatoms. The number of nitrogens with zero attached hydrogens (tertiary/aromatic N) is 1. The van der Waals surface area contributed by atoms with E-state index in [-0.39, 0.29) is 5.82 Å². The molecule has 1 aromatic carbocycles. The highest BCUT2D eigenvalue weighted by Gasteiger charge is 2.02. The lowest BCUT2D eigenvalue weighted by atomic mass is 10.2. The Morgan fingerprint density at radius 2 is 1.91 bits per heavy atom. The van der Waals surface area contributed by atoms with E-state index in [1.807, 2.05) is 27.1 Å². The van der Waals surface area contributed by atoms with Gasteiger partial charge in [-0.15, -0.1) is 0 Å². The Kier molecular flexibility index (Phi) is 2.13. The highest BCUT2D eigenvalue weighted by atomic mass is 19.1. The Bertz CT molecular complexity index is 256. The molecule has 0 heterocycles. The lowest BCUT2D eigenvalue weighted by molar-refractivity contribution is 0.626. The second-order valence-corrected chi connectivity index (χ2v) is 2.85. The predicted octanol–water partition coefficient (Wildman–Crippen LogP) is 2.20. The van der Waals surface area contributed by atoms with Gasteiger partial charge < -0.3 is 4.90 Å². The summed E-state index contributed by atoms with van der Waals surface area (Å²) in [5.74, 6) is -0.166. The van der Waals surface area contributed by atoms with Gasteiger partial charge in [0.05, 0.1) is 5.69 Å². The van der Waals surface area contributed by atoms with E-state index in [4.69, 9.17) is 0 Å². The van der Waals surface area contributed by atoms with E-state index in [0.717, 1.165) is 5.56 Å². The van der Waals surface area contributed by atoms with Gasteiger partial charge in [-0.2, -0.15) is 0 Å². The van der Waals surface area contributed by atoms with Crippen LogP contribution >= 0.6 is 0 Å². The van der Waals surface area contributed by atoms with E-state index >= 15 is 0 Å². The first-order chi connectivity index (χ1) is 5.11. The predicted molar refractivity (Wildman–Crippen MR) is 45.5 cm³/mol. The van der Waals surface area contributed by atoms with Gasteiger partial charge in [-0.05, 0) is 24.6 Å². The quantitative estimate of drug-likeness (QED) is 0.597. The molecule has 0 aromatic heterocycles. The van der Waals surface area contributed by atoms with Crippen molar-refractivity contribution in [3.8, 4) is 0 Å². The molecule has 0 bridgehead atoms. The number of rotatable bonds is 1. The third kappa shape index (κ3) is 1.70. The second-order valence-electron chi connectivity index (χ2n) is 2.85. The molecule has 0 radical (unpaired) electrons. The summed E-state index contributed by atoms with van der Waals surface area (Å²) in [6.07, 6.45) is 0. The van der Waals surface area contributed by atoms with Crippen molar-refractivity contribution in [2.75, 3.05) is 19.0 Å². The molecular weight excluding hydrogens is 141 g/mol. The Labute approximate surface area is 66.5 Å². The summed E-state index contributed by atoms with van der Waals surface area (Å²) in [5.41, 5.74) is 1.72. The minimum absolute atomic E-state index is 0.166. The first kappa shape index (κ1) is 8.05. The zero-order valence-corrected chi connectivity index (χ0v) is 7.06. The van der Waals surface area contributed by atoms with Crippen LogP contribution in [0.2, 0.25) is 0 Å². The molecule has 0 unspecified atom stereocenters. The molecule has 0 spiro atoms. The van der Waals surface area contributed by atoms with Crippen molar-refractivity contribution < 1.29 is 4.39 Å². The molecule has 0 aliphatic rings. The number of halogens is 1. The summed E-state index contributed by atoms with van der Waals surface area (Å²) in [5, 5.41) is 0. The van der Waals surface area contributed by atoms with E-state index in [2.05, 4.69) is 0 Å². The number of benzene rings is 1. The van der Waals surface area contributed by atoms with Crippen LogP contribution in [-0.2, 0) is 0 Å². The summed E-state index contributed by atoms with van der Waals surface area (Å²) in [7, 11) is 3.66. The van der Waals surface area contributed by atoms with E-state index in [1.54, 1.807) is 11.0 Å². The number of anilines is 1. The number of hydrogen-bond donors (Lipinski definition) is 0. The molecule has 0 N–H and O–H groups in total. The minimum Gasteiger partial charge on any atom is -0.375 e. The van der Waals surface area contributed by atoms with Crippen molar-refractivity contribution in [3.05, 3.63) is 29.6 Å². The molecule has 0 fully saturated rings. The highest BCUT2D eigenvalue weighted by Crippen LogP contribution is 2.17. The molecule has 0 aliphatic heterocycles. The van der Waals surface area contributed by atoms with Gasteiger partial charge in [0.15, 0.2) is 0 Å². The average Bonchev–Trinajstić information content (AvgIpc) is 1.94. The van der Waals surface area contributed by atoms with Crippen molar-refractivity contribution in [1.82, 2.24) is 0 Å². The largest absolute Gasteiger partial charge is 0.375 e. The minimum atomic E-state index is -0.166. The third-order valence-electron chi connectivity index (χ3n) is 1.58. The van der Waals surface area contributed by atoms with E-state index < -0.39 is 0 Å². The van der Waals surface area contributed by atoms with Gasteiger partial charge in [0.2, 0.25) is 0 Å². The molecule has 0 saturated carbocycles. The Hall–Kier alpha value is -1.05. The summed E-state index contributed by atoms with van der Waals surface area (Å²) >= 11 is 0. The van der Waals surface area contributed by atoms with Crippen LogP contribution in [0.25, 0.3) is 0 Å². The van der Waals surface area contributed by atoms with Crippen LogP contribution in [0.4, 0.5) is 10.1 Å². The fourth-order valence-electron chi connectivity index (χ4n) is 0.965. The number of aryl methyl sites for hydroxylation is 1. The van der Waals surface area contributed by atoms with Gasteiger partial charge >= 0.3 is 0 Å². The molecular formula is C9H12FN. The second kappa shape index (κ2) is 2.91. The number of hydrogen-bond acceptors (Lipinski definition) is 1. The molecule has 0 atom stereocenters. The zero-order chi connectivity index (χ0) is 8.43. The van der Waals surface area contributed by atoms with Crippen LogP contribution in [0, 0.1) is 12.7 Å². The van der Waals surface area contributed by atoms with Crippen LogP contribution in [-0.4, -0.2) is 14.1 Å². The molecule has 0 amide bonds. The normalized spacial score (nSPS) is 9.82. The highest BCUT2D eigenvalue weighted by molar-refractivity contribution is 5.48. The smallest absolute Gasteiger partial charge is 0.146 e. The fraction of sp³-hybridized carbons (Fsp3) is 0.333. The Balaban J connectivity index is 3.13. The topological polar surface area (TPSA) is 3.24 Å². The fourth-order valence-corrected chi connectivity index (χ4v) is 0.965. The SMILES string of the molecule is Cc1ccc(F)c(N(C)C)c1. The van der Waals surface area contributed by atoms with Crippen LogP contribution in [0.3, 0.4) is 0 Å². The summed E-state index contributed by atoms with van der Waals surface area (Å²) in [6.45, 7) is 1.95. The van der Waals surface area contributed by atoms with Gasteiger partial charge in [-0.25, -0.2) is 4.39 Å². The van der Waals surface area contributed by atoms with Crippen LogP contribution in [0.5, 0.6) is 0 Å². The van der Waals surface area contributed by atoms with Gasteiger partial charge in [0.1, 0.15) is 5.82 Å². The van der Waals surface area contributed by atoms with Gasteiger partial charge in [0, 0.05) is 14.1 Å². The van der Waals surface area contributed by atoms with Crippen molar-refractivity contribution in [1.29, 1.82) is 0 Å². The van der Waals surface area contributed by atoms with Crippen LogP contribution < -0.4 is 4.90 Å². The molecule has 11 heavy (non-hydrogen) atoms. The van der Waals surface area contributed by atoms with E-state index in [0.29, 0.717) is 5.69 Å². The van der Waals surface area contributed by atoms with Crippen molar-refractivity contribution in [2.24, 2.45) is 0 Å². The van der Waals surface area contributed by atoms with Gasteiger partial charge in [0.25, 0.3) is 0 Å². The molecule has 1 aromatic rings. The van der Waals surface area contributed by atoms with Crippen molar-refractivity contribution in [3.63, 3.8) is 0 Å². The first-order valence-corrected chi connectivity index (χ1v) is 3.55. The molecule has 60 valence electrons. The standard InChI is InChI=1S/C9H12FN/c1-7-4-5-8(10)9(6-7)11(2)3/h4-6H,1-3H3. The lowest BCUT2D eigenvalue weighted by Crippen LogP contribution is -2.10. The Morgan fingerprint density at radius 1 is 1.27 bits per heavy atom. The first-order valence-electron chi connectivity index (χ1n) is 3.55. The maximum absolute atomic E-state index is 13.0. The lowest BCUT2D eigenvalue weighted by Gasteiger charge is -2.13.